The molecule has 4 heteroatoms. The summed E-state index contributed by atoms with van der Waals surface area (Å²) in [5.74, 6) is 0.874. The molecule has 17 heavy (non-hydrogen) atoms. The van der Waals surface area contributed by atoms with Crippen LogP contribution in [-0.4, -0.2) is 4.92 Å². The summed E-state index contributed by atoms with van der Waals surface area (Å²) in [6.45, 7) is 1.48. The second-order valence-corrected chi connectivity index (χ2v) is 3.22. The molecule has 0 bridgehead atoms. The van der Waals surface area contributed by atoms with E-state index in [-0.39, 0.29) is 22.8 Å². The summed E-state index contributed by atoms with van der Waals surface area (Å²) in [6.07, 6.45) is 18.9. The van der Waals surface area contributed by atoms with Gasteiger partial charge in [0, 0.05) is 12.8 Å². The molecule has 0 aromatic heterocycles. The van der Waals surface area contributed by atoms with Gasteiger partial charge in [-0.3, -0.25) is 10.1 Å². The van der Waals surface area contributed by atoms with Gasteiger partial charge in [-0.05, 0) is 63.9 Å². The van der Waals surface area contributed by atoms with Gasteiger partial charge in [0.2, 0.25) is 5.70 Å². The third kappa shape index (κ3) is 7.56. The molecule has 2 rings (SSSR count). The summed E-state index contributed by atoms with van der Waals surface area (Å²) in [7, 11) is 0. The van der Waals surface area contributed by atoms with Crippen molar-refractivity contribution in [3.63, 3.8) is 0 Å². The van der Waals surface area contributed by atoms with Crippen LogP contribution in [0, 0.1) is 73.8 Å². The zero-order valence-corrected chi connectivity index (χ0v) is 10.5. The van der Waals surface area contributed by atoms with Gasteiger partial charge in [-0.2, -0.15) is 0 Å². The van der Waals surface area contributed by atoms with E-state index in [0.29, 0.717) is 0 Å². The third-order valence-electron chi connectivity index (χ3n) is 1.91. The van der Waals surface area contributed by atoms with Gasteiger partial charge in [-0.15, -0.1) is 0 Å². The minimum atomic E-state index is -0.396. The van der Waals surface area contributed by atoms with Crippen molar-refractivity contribution in [3.05, 3.63) is 85.6 Å². The first kappa shape index (κ1) is 16.7. The smallest absolute Gasteiger partial charge is 0.259 e. The molecule has 0 unspecified atom stereocenters. The van der Waals surface area contributed by atoms with Crippen molar-refractivity contribution in [1.29, 1.82) is 0 Å². The number of rotatable bonds is 2. The van der Waals surface area contributed by atoms with E-state index in [9.17, 15) is 10.1 Å². The Bertz CT molecular complexity index is 236. The topological polar surface area (TPSA) is 43.1 Å². The van der Waals surface area contributed by atoms with E-state index in [0.717, 1.165) is 5.92 Å². The van der Waals surface area contributed by atoms with Gasteiger partial charge in [0.15, 0.2) is 0 Å². The van der Waals surface area contributed by atoms with Gasteiger partial charge in [-0.25, -0.2) is 0 Å². The molecule has 0 atom stereocenters. The first-order valence-corrected chi connectivity index (χ1v) is 4.91. The zero-order valence-electron chi connectivity index (χ0n) is 9.39. The number of allylic oxidation sites excluding steroid dienone is 2. The van der Waals surface area contributed by atoms with Gasteiger partial charge >= 0.3 is 17.1 Å². The van der Waals surface area contributed by atoms with Crippen molar-refractivity contribution in [2.75, 3.05) is 0 Å². The third-order valence-corrected chi connectivity index (χ3v) is 1.91. The molecule has 2 aliphatic rings. The van der Waals surface area contributed by atoms with Gasteiger partial charge in [0.1, 0.15) is 0 Å². The zero-order chi connectivity index (χ0) is 11.8. The van der Waals surface area contributed by atoms with Crippen LogP contribution in [0.4, 0.5) is 0 Å². The first-order valence-electron chi connectivity index (χ1n) is 4.91. The Morgan fingerprint density at radius 3 is 1.82 bits per heavy atom. The normalized spacial score (nSPS) is 20.4. The second-order valence-electron chi connectivity index (χ2n) is 3.22. The van der Waals surface area contributed by atoms with E-state index in [2.05, 4.69) is 0 Å². The van der Waals surface area contributed by atoms with E-state index in [1.807, 2.05) is 57.8 Å². The molecule has 0 aromatic carbocycles. The van der Waals surface area contributed by atoms with Crippen LogP contribution in [0.2, 0.25) is 0 Å². The van der Waals surface area contributed by atoms with Crippen LogP contribution < -0.4 is 0 Å². The molecule has 0 saturated heterocycles. The van der Waals surface area contributed by atoms with Crippen molar-refractivity contribution in [2.24, 2.45) is 0 Å². The summed E-state index contributed by atoms with van der Waals surface area (Å²) < 4.78 is 0. The fourth-order valence-corrected chi connectivity index (χ4v) is 1.10. The molecule has 0 amide bonds. The van der Waals surface area contributed by atoms with Crippen LogP contribution >= 0.6 is 0 Å². The first-order chi connectivity index (χ1) is 7.70. The standard InChI is InChI=1S/C8H8NO2.C5H5.Fe/c1-7(9(10)11)6-8-4-2-3-5-8;1-2-4-5-3-1;/h2-6H,1H3;1-5H;/q;;+2/b7-6+;;. The summed E-state index contributed by atoms with van der Waals surface area (Å²) >= 11 is 0. The van der Waals surface area contributed by atoms with Crippen molar-refractivity contribution in [1.82, 2.24) is 0 Å². The Morgan fingerprint density at radius 2 is 1.47 bits per heavy atom. The van der Waals surface area contributed by atoms with Gasteiger partial charge in [0.25, 0.3) is 0 Å². The fourth-order valence-electron chi connectivity index (χ4n) is 1.10. The maximum absolute atomic E-state index is 10.2. The fraction of sp³-hybridized carbons (Fsp3) is 0.0769. The molecular weight excluding hydrogens is 258 g/mol. The molecule has 2 fully saturated rings. The maximum atomic E-state index is 10.2. The van der Waals surface area contributed by atoms with Crippen LogP contribution in [0.3, 0.4) is 0 Å². The Labute approximate surface area is 115 Å². The molecular formula is C13H13FeNO2+2. The Kier molecular flexibility index (Phi) is 9.47. The van der Waals surface area contributed by atoms with Gasteiger partial charge < -0.3 is 0 Å². The Morgan fingerprint density at radius 1 is 1.06 bits per heavy atom. The van der Waals surface area contributed by atoms with E-state index in [1.165, 1.54) is 6.92 Å². The molecule has 0 aliphatic heterocycles. The molecule has 10 radical (unpaired) electrons. The monoisotopic (exact) mass is 271 g/mol. The van der Waals surface area contributed by atoms with Crippen LogP contribution in [0.1, 0.15) is 6.92 Å². The maximum Gasteiger partial charge on any atom is 2.00 e. The molecule has 0 heterocycles. The Balaban J connectivity index is 0.000000360. The summed E-state index contributed by atoms with van der Waals surface area (Å²) in [5.41, 5.74) is 0.163. The van der Waals surface area contributed by atoms with E-state index in [1.54, 1.807) is 6.08 Å². The molecule has 0 N–H and O–H groups in total. The Hall–Kier alpha value is -0.341. The molecule has 2 aliphatic carbocycles. The predicted molar refractivity (Wildman–Crippen MR) is 62.7 cm³/mol. The molecule has 0 aromatic rings. The molecule has 2 saturated carbocycles. The predicted octanol–water partition coefficient (Wildman–Crippen LogP) is 2.59. The van der Waals surface area contributed by atoms with Gasteiger partial charge in [0.05, 0.1) is 4.92 Å². The largest absolute Gasteiger partial charge is 2.00 e. The minimum Gasteiger partial charge on any atom is -0.259 e. The SMILES string of the molecule is C/C(=C\[C]1[CH][CH][CH][CH]1)[N+](=O)[O-].[CH]1[CH][CH][CH][CH]1.[Fe+2]. The number of nitrogens with zero attached hydrogens (tertiary/aromatic N) is 1. The summed E-state index contributed by atoms with van der Waals surface area (Å²) in [5, 5.41) is 10.2. The number of nitro groups is 1. The summed E-state index contributed by atoms with van der Waals surface area (Å²) in [4.78, 5) is 9.77. The van der Waals surface area contributed by atoms with E-state index < -0.39 is 4.92 Å². The second kappa shape index (κ2) is 9.67. The average Bonchev–Trinajstić information content (AvgIpc) is 2.92. The number of hydrogen-bond donors (Lipinski definition) is 0. The van der Waals surface area contributed by atoms with Crippen molar-refractivity contribution in [2.45, 2.75) is 6.92 Å². The quantitative estimate of drug-likeness (QED) is 0.440. The van der Waals surface area contributed by atoms with E-state index in [4.69, 9.17) is 0 Å². The minimum absolute atomic E-state index is 0. The summed E-state index contributed by atoms with van der Waals surface area (Å²) in [6, 6.07) is 0. The van der Waals surface area contributed by atoms with Crippen molar-refractivity contribution >= 4 is 0 Å². The molecule has 3 nitrogen and oxygen atoms in total. The molecule has 88 valence electrons. The van der Waals surface area contributed by atoms with Crippen molar-refractivity contribution < 1.29 is 22.0 Å². The van der Waals surface area contributed by atoms with Crippen LogP contribution in [0.5, 0.6) is 0 Å². The van der Waals surface area contributed by atoms with E-state index >= 15 is 0 Å². The van der Waals surface area contributed by atoms with Gasteiger partial charge in [-0.1, -0.05) is 0 Å². The average molecular weight is 271 g/mol. The van der Waals surface area contributed by atoms with Crippen LogP contribution in [0.25, 0.3) is 0 Å². The van der Waals surface area contributed by atoms with Crippen molar-refractivity contribution in [3.8, 4) is 0 Å². The van der Waals surface area contributed by atoms with Crippen LogP contribution in [0.15, 0.2) is 11.8 Å². The number of hydrogen-bond acceptors (Lipinski definition) is 2. The van der Waals surface area contributed by atoms with Crippen LogP contribution in [-0.2, 0) is 17.1 Å². The molecule has 0 spiro atoms.